The number of aliphatic imine (C=N–C) groups is 1. The van der Waals surface area contributed by atoms with Gasteiger partial charge in [0.25, 0.3) is 0 Å². The number of hydrogen-bond acceptors (Lipinski definition) is 3. The molecular formula is C18H15ClFNO2. The monoisotopic (exact) mass is 331 g/mol. The number of isocyanates is 1. The van der Waals surface area contributed by atoms with E-state index in [2.05, 4.69) is 4.99 Å². The molecule has 1 fully saturated rings. The first kappa shape index (κ1) is 15.7. The van der Waals surface area contributed by atoms with Gasteiger partial charge in [-0.05, 0) is 42.5 Å². The van der Waals surface area contributed by atoms with Gasteiger partial charge in [0.15, 0.2) is 11.6 Å². The predicted molar refractivity (Wildman–Crippen MR) is 85.8 cm³/mol. The summed E-state index contributed by atoms with van der Waals surface area (Å²) in [6.07, 6.45) is 3.92. The first-order valence-corrected chi connectivity index (χ1v) is 7.78. The molecule has 0 atom stereocenters. The molecule has 0 aromatic heterocycles. The smallest absolute Gasteiger partial charge is 0.235 e. The van der Waals surface area contributed by atoms with Crippen molar-refractivity contribution in [2.75, 3.05) is 0 Å². The summed E-state index contributed by atoms with van der Waals surface area (Å²) in [5.41, 5.74) is 0.846. The number of ether oxygens (including phenoxy) is 1. The summed E-state index contributed by atoms with van der Waals surface area (Å²) < 4.78 is 19.9. The fraction of sp³-hybridized carbons (Fsp3) is 0.278. The largest absolute Gasteiger partial charge is 0.484 e. The molecule has 5 heteroatoms. The van der Waals surface area contributed by atoms with E-state index in [4.69, 9.17) is 16.3 Å². The van der Waals surface area contributed by atoms with Crippen molar-refractivity contribution in [3.05, 3.63) is 64.4 Å². The molecule has 118 valence electrons. The second-order valence-electron chi connectivity index (χ2n) is 5.63. The normalized spacial score (nSPS) is 15.4. The number of nitrogens with zero attached hydrogens (tertiary/aromatic N) is 1. The highest BCUT2D eigenvalue weighted by Crippen LogP contribution is 2.46. The Kier molecular flexibility index (Phi) is 4.46. The van der Waals surface area contributed by atoms with Gasteiger partial charge in [-0.1, -0.05) is 41.9 Å². The van der Waals surface area contributed by atoms with Crippen LogP contribution in [0.2, 0.25) is 5.02 Å². The van der Waals surface area contributed by atoms with E-state index in [9.17, 15) is 9.18 Å². The van der Waals surface area contributed by atoms with Crippen molar-refractivity contribution in [1.29, 1.82) is 0 Å². The van der Waals surface area contributed by atoms with Crippen LogP contribution in [0, 0.1) is 5.82 Å². The van der Waals surface area contributed by atoms with Crippen molar-refractivity contribution < 1.29 is 13.9 Å². The Morgan fingerprint density at radius 1 is 1.26 bits per heavy atom. The van der Waals surface area contributed by atoms with E-state index in [1.807, 2.05) is 30.3 Å². The van der Waals surface area contributed by atoms with Gasteiger partial charge in [0.05, 0.1) is 10.6 Å². The van der Waals surface area contributed by atoms with Crippen LogP contribution >= 0.6 is 11.6 Å². The Bertz CT molecular complexity index is 730. The molecule has 2 aromatic carbocycles. The van der Waals surface area contributed by atoms with E-state index in [-0.39, 0.29) is 17.4 Å². The van der Waals surface area contributed by atoms with Crippen molar-refractivity contribution in [3.8, 4) is 5.75 Å². The molecule has 0 radical (unpaired) electrons. The molecule has 1 aliphatic carbocycles. The molecule has 1 saturated carbocycles. The van der Waals surface area contributed by atoms with Gasteiger partial charge < -0.3 is 4.74 Å². The average molecular weight is 332 g/mol. The van der Waals surface area contributed by atoms with Crippen LogP contribution in [-0.4, -0.2) is 6.08 Å². The lowest BCUT2D eigenvalue weighted by atomic mass is 9.72. The number of benzene rings is 2. The maximum Gasteiger partial charge on any atom is 0.235 e. The molecule has 0 aliphatic heterocycles. The summed E-state index contributed by atoms with van der Waals surface area (Å²) in [4.78, 5) is 14.5. The molecule has 0 bridgehead atoms. The highest BCUT2D eigenvalue weighted by Gasteiger charge is 2.39. The molecule has 1 aliphatic rings. The van der Waals surface area contributed by atoms with Crippen LogP contribution < -0.4 is 4.74 Å². The van der Waals surface area contributed by atoms with Crippen molar-refractivity contribution in [2.45, 2.75) is 31.4 Å². The van der Waals surface area contributed by atoms with Crippen LogP contribution in [0.3, 0.4) is 0 Å². The maximum atomic E-state index is 14.4. The molecule has 3 nitrogen and oxygen atoms in total. The van der Waals surface area contributed by atoms with E-state index in [0.29, 0.717) is 18.4 Å². The summed E-state index contributed by atoms with van der Waals surface area (Å²) in [6.45, 7) is 0.231. The quantitative estimate of drug-likeness (QED) is 0.584. The van der Waals surface area contributed by atoms with E-state index < -0.39 is 11.4 Å². The third kappa shape index (κ3) is 3.14. The Morgan fingerprint density at radius 3 is 2.57 bits per heavy atom. The zero-order valence-corrected chi connectivity index (χ0v) is 13.1. The highest BCUT2D eigenvalue weighted by molar-refractivity contribution is 6.32. The first-order chi connectivity index (χ1) is 11.1. The maximum absolute atomic E-state index is 14.4. The minimum Gasteiger partial charge on any atom is -0.484 e. The Hall–Kier alpha value is -2.16. The van der Waals surface area contributed by atoms with Gasteiger partial charge in [-0.25, -0.2) is 9.18 Å². The molecule has 0 amide bonds. The Balaban J connectivity index is 1.84. The van der Waals surface area contributed by atoms with Crippen LogP contribution in [0.4, 0.5) is 4.39 Å². The van der Waals surface area contributed by atoms with E-state index in [1.165, 1.54) is 6.07 Å². The zero-order valence-electron chi connectivity index (χ0n) is 12.4. The molecule has 23 heavy (non-hydrogen) atoms. The number of carbonyl (C=O) groups excluding carboxylic acids is 1. The van der Waals surface area contributed by atoms with Crippen molar-refractivity contribution in [1.82, 2.24) is 0 Å². The van der Waals surface area contributed by atoms with Gasteiger partial charge in [-0.15, -0.1) is 0 Å². The first-order valence-electron chi connectivity index (χ1n) is 7.40. The fourth-order valence-corrected chi connectivity index (χ4v) is 3.02. The fourth-order valence-electron chi connectivity index (χ4n) is 2.76. The van der Waals surface area contributed by atoms with E-state index in [1.54, 1.807) is 12.1 Å². The number of rotatable bonds is 5. The molecular weight excluding hydrogens is 317 g/mol. The van der Waals surface area contributed by atoms with Crippen LogP contribution in [0.5, 0.6) is 5.75 Å². The lowest BCUT2D eigenvalue weighted by molar-refractivity contribution is 0.253. The molecule has 0 N–H and O–H groups in total. The lowest BCUT2D eigenvalue weighted by Crippen LogP contribution is -2.32. The standard InChI is InChI=1S/C18H15ClFNO2/c19-15-9-14(18(21-12-22)7-4-8-18)10-16(20)17(15)23-11-13-5-2-1-3-6-13/h1-3,5-6,9-10H,4,7-8,11H2. The summed E-state index contributed by atoms with van der Waals surface area (Å²) >= 11 is 6.18. The third-order valence-corrected chi connectivity index (χ3v) is 4.48. The Morgan fingerprint density at radius 2 is 2.00 bits per heavy atom. The van der Waals surface area contributed by atoms with E-state index >= 15 is 0 Å². The summed E-state index contributed by atoms with van der Waals surface area (Å²) in [5, 5.41) is 0.184. The average Bonchev–Trinajstić information content (AvgIpc) is 2.51. The topological polar surface area (TPSA) is 38.7 Å². The van der Waals surface area contributed by atoms with Crippen LogP contribution in [-0.2, 0) is 16.9 Å². The molecule has 0 spiro atoms. The minimum absolute atomic E-state index is 0.0174. The SMILES string of the molecule is O=C=NC1(c2cc(F)c(OCc3ccccc3)c(Cl)c2)CCC1. The van der Waals surface area contributed by atoms with Gasteiger partial charge in [-0.3, -0.25) is 0 Å². The zero-order chi connectivity index (χ0) is 16.3. The van der Waals surface area contributed by atoms with Gasteiger partial charge in [0, 0.05) is 0 Å². The summed E-state index contributed by atoms with van der Waals surface area (Å²) in [6, 6.07) is 12.4. The summed E-state index contributed by atoms with van der Waals surface area (Å²) in [7, 11) is 0. The van der Waals surface area contributed by atoms with Crippen molar-refractivity contribution in [2.24, 2.45) is 4.99 Å². The van der Waals surface area contributed by atoms with E-state index in [0.717, 1.165) is 12.0 Å². The third-order valence-electron chi connectivity index (χ3n) is 4.20. The lowest BCUT2D eigenvalue weighted by Gasteiger charge is -2.37. The Labute approximate surface area is 138 Å². The second kappa shape index (κ2) is 6.53. The number of halogens is 2. The van der Waals surface area contributed by atoms with Gasteiger partial charge in [0.2, 0.25) is 6.08 Å². The summed E-state index contributed by atoms with van der Waals surface area (Å²) in [5.74, 6) is -0.528. The molecule has 0 unspecified atom stereocenters. The second-order valence-corrected chi connectivity index (χ2v) is 6.04. The van der Waals surface area contributed by atoms with Crippen molar-refractivity contribution in [3.63, 3.8) is 0 Å². The molecule has 0 saturated heterocycles. The van der Waals surface area contributed by atoms with Crippen LogP contribution in [0.25, 0.3) is 0 Å². The molecule has 2 aromatic rings. The minimum atomic E-state index is -0.676. The number of hydrogen-bond donors (Lipinski definition) is 0. The highest BCUT2D eigenvalue weighted by atomic mass is 35.5. The van der Waals surface area contributed by atoms with Gasteiger partial charge in [-0.2, -0.15) is 4.99 Å². The van der Waals surface area contributed by atoms with Gasteiger partial charge in [0.1, 0.15) is 6.61 Å². The van der Waals surface area contributed by atoms with Crippen molar-refractivity contribution >= 4 is 17.7 Å². The molecule has 0 heterocycles. The molecule has 3 rings (SSSR count). The van der Waals surface area contributed by atoms with Crippen LogP contribution in [0.15, 0.2) is 47.5 Å². The van der Waals surface area contributed by atoms with Gasteiger partial charge >= 0.3 is 0 Å². The predicted octanol–water partition coefficient (Wildman–Crippen LogP) is 4.77. The van der Waals surface area contributed by atoms with Crippen LogP contribution in [0.1, 0.15) is 30.4 Å².